The molecule has 0 amide bonds. The van der Waals surface area contributed by atoms with Gasteiger partial charge in [-0.25, -0.2) is 14.3 Å². The highest BCUT2D eigenvalue weighted by Crippen LogP contribution is 2.33. The molecule has 0 unspecified atom stereocenters. The fourth-order valence-electron chi connectivity index (χ4n) is 3.16. The highest BCUT2D eigenvalue weighted by molar-refractivity contribution is 6.06. The Morgan fingerprint density at radius 2 is 1.55 bits per heavy atom. The van der Waals surface area contributed by atoms with Crippen molar-refractivity contribution >= 4 is 17.9 Å². The van der Waals surface area contributed by atoms with Gasteiger partial charge in [-0.1, -0.05) is 18.2 Å². The average Bonchev–Trinajstić information content (AvgIpc) is 3.59. The number of methoxy groups -OCH3 is 2. The van der Waals surface area contributed by atoms with E-state index in [0.717, 1.165) is 12.8 Å². The Bertz CT molecular complexity index is 1130. The maximum Gasteiger partial charge on any atom is 0.357 e. The van der Waals surface area contributed by atoms with Crippen LogP contribution in [0.1, 0.15) is 33.7 Å². The van der Waals surface area contributed by atoms with E-state index in [0.29, 0.717) is 17.0 Å². The first-order chi connectivity index (χ1) is 15.0. The predicted octanol–water partition coefficient (Wildman–Crippen LogP) is 3.43. The second-order valence-corrected chi connectivity index (χ2v) is 7.02. The molecule has 1 aromatic heterocycles. The summed E-state index contributed by atoms with van der Waals surface area (Å²) in [5.74, 6) is -1.31. The van der Waals surface area contributed by atoms with Gasteiger partial charge in [-0.15, -0.1) is 0 Å². The third-order valence-electron chi connectivity index (χ3n) is 4.91. The molecule has 8 heteroatoms. The van der Waals surface area contributed by atoms with Gasteiger partial charge in [0.05, 0.1) is 25.8 Å². The van der Waals surface area contributed by atoms with Crippen LogP contribution >= 0.6 is 0 Å². The smallest absolute Gasteiger partial charge is 0.357 e. The molecule has 1 heterocycles. The maximum atomic E-state index is 12.6. The van der Waals surface area contributed by atoms with Gasteiger partial charge < -0.3 is 14.2 Å². The molecule has 0 atom stereocenters. The number of aromatic nitrogens is 2. The first kappa shape index (κ1) is 20.3. The number of hydrogen-bond acceptors (Lipinski definition) is 7. The van der Waals surface area contributed by atoms with Gasteiger partial charge >= 0.3 is 17.9 Å². The molecule has 1 aliphatic carbocycles. The van der Waals surface area contributed by atoms with Crippen molar-refractivity contribution in [1.29, 1.82) is 0 Å². The summed E-state index contributed by atoms with van der Waals surface area (Å²) < 4.78 is 16.5. The second kappa shape index (κ2) is 8.43. The van der Waals surface area contributed by atoms with Gasteiger partial charge in [-0.3, -0.25) is 4.79 Å². The summed E-state index contributed by atoms with van der Waals surface area (Å²) in [5.41, 5.74) is 1.32. The molecule has 4 rings (SSSR count). The zero-order valence-electron chi connectivity index (χ0n) is 17.0. The topological polar surface area (TPSA) is 96.7 Å². The van der Waals surface area contributed by atoms with Crippen LogP contribution in [0.3, 0.4) is 0 Å². The van der Waals surface area contributed by atoms with Gasteiger partial charge in [0.25, 0.3) is 0 Å². The van der Waals surface area contributed by atoms with Gasteiger partial charge in [0.2, 0.25) is 0 Å². The number of para-hydroxylation sites is 1. The van der Waals surface area contributed by atoms with Crippen molar-refractivity contribution < 1.29 is 28.6 Å². The van der Waals surface area contributed by atoms with Gasteiger partial charge in [0.15, 0.2) is 5.69 Å². The van der Waals surface area contributed by atoms with Crippen LogP contribution in [0.2, 0.25) is 0 Å². The van der Waals surface area contributed by atoms with E-state index in [2.05, 4.69) is 5.10 Å². The number of rotatable bonds is 6. The van der Waals surface area contributed by atoms with Crippen molar-refractivity contribution in [2.24, 2.45) is 5.92 Å². The number of nitrogens with zero attached hydrogens (tertiary/aromatic N) is 2. The van der Waals surface area contributed by atoms with Crippen LogP contribution in [0, 0.1) is 5.92 Å². The number of carbonyl (C=O) groups excluding carboxylic acids is 3. The summed E-state index contributed by atoms with van der Waals surface area (Å²) in [6.07, 6.45) is 1.71. The third-order valence-corrected chi connectivity index (χ3v) is 4.91. The Morgan fingerprint density at radius 3 is 2.13 bits per heavy atom. The van der Waals surface area contributed by atoms with Crippen molar-refractivity contribution in [3.05, 3.63) is 65.9 Å². The van der Waals surface area contributed by atoms with E-state index in [4.69, 9.17) is 14.2 Å². The molecule has 2 aromatic carbocycles. The van der Waals surface area contributed by atoms with Gasteiger partial charge in [0.1, 0.15) is 17.0 Å². The molecule has 3 aromatic rings. The Balaban J connectivity index is 1.81. The molecule has 31 heavy (non-hydrogen) atoms. The normalized spacial score (nSPS) is 12.8. The van der Waals surface area contributed by atoms with Crippen LogP contribution in [0.15, 0.2) is 54.6 Å². The van der Waals surface area contributed by atoms with Crippen LogP contribution in [0.25, 0.3) is 16.9 Å². The predicted molar refractivity (Wildman–Crippen MR) is 110 cm³/mol. The third kappa shape index (κ3) is 4.05. The van der Waals surface area contributed by atoms with Crippen LogP contribution < -0.4 is 4.74 Å². The van der Waals surface area contributed by atoms with Crippen LogP contribution in [0.5, 0.6) is 5.75 Å². The minimum atomic E-state index is -0.724. The SMILES string of the molecule is COC(=O)c1c(-c2ccc(OC(=O)C3CC3)cc2)nn(-c2ccccc2)c1C(=O)OC. The van der Waals surface area contributed by atoms with Crippen molar-refractivity contribution in [2.45, 2.75) is 12.8 Å². The Labute approximate surface area is 178 Å². The molecule has 1 fully saturated rings. The first-order valence-electron chi connectivity index (χ1n) is 9.70. The number of hydrogen-bond donors (Lipinski definition) is 0. The lowest BCUT2D eigenvalue weighted by atomic mass is 10.1. The summed E-state index contributed by atoms with van der Waals surface area (Å²) in [6.45, 7) is 0. The second-order valence-electron chi connectivity index (χ2n) is 7.02. The minimum absolute atomic E-state index is 0.0130. The van der Waals surface area contributed by atoms with E-state index in [1.54, 1.807) is 48.5 Å². The Hall–Kier alpha value is -3.94. The Kier molecular flexibility index (Phi) is 5.53. The fourth-order valence-corrected chi connectivity index (χ4v) is 3.16. The number of carbonyl (C=O) groups is 3. The molecule has 8 nitrogen and oxygen atoms in total. The van der Waals surface area contributed by atoms with Gasteiger partial charge in [0, 0.05) is 5.56 Å². The molecule has 0 radical (unpaired) electrons. The van der Waals surface area contributed by atoms with Crippen molar-refractivity contribution in [3.8, 4) is 22.7 Å². The molecule has 1 aliphatic rings. The quantitative estimate of drug-likeness (QED) is 0.445. The zero-order valence-corrected chi connectivity index (χ0v) is 17.0. The van der Waals surface area contributed by atoms with Crippen LogP contribution in [-0.2, 0) is 14.3 Å². The average molecular weight is 420 g/mol. The lowest BCUT2D eigenvalue weighted by Crippen LogP contribution is -2.15. The summed E-state index contributed by atoms with van der Waals surface area (Å²) in [6, 6.07) is 15.5. The maximum absolute atomic E-state index is 12.6. The summed E-state index contributed by atoms with van der Waals surface area (Å²) in [4.78, 5) is 37.1. The first-order valence-corrected chi connectivity index (χ1v) is 9.70. The number of ether oxygens (including phenoxy) is 3. The zero-order chi connectivity index (χ0) is 22.0. The van der Waals surface area contributed by atoms with E-state index in [-0.39, 0.29) is 28.8 Å². The number of benzene rings is 2. The van der Waals surface area contributed by atoms with E-state index < -0.39 is 11.9 Å². The molecule has 1 saturated carbocycles. The molecule has 0 N–H and O–H groups in total. The van der Waals surface area contributed by atoms with Crippen molar-refractivity contribution in [2.75, 3.05) is 14.2 Å². The van der Waals surface area contributed by atoms with Gasteiger partial charge in [-0.05, 0) is 49.2 Å². The molecule has 158 valence electrons. The van der Waals surface area contributed by atoms with E-state index in [9.17, 15) is 14.4 Å². The Morgan fingerprint density at radius 1 is 0.903 bits per heavy atom. The summed E-state index contributed by atoms with van der Waals surface area (Å²) >= 11 is 0. The monoisotopic (exact) mass is 420 g/mol. The molecule has 0 saturated heterocycles. The molecule has 0 aliphatic heterocycles. The summed E-state index contributed by atoms with van der Waals surface area (Å²) in [7, 11) is 2.46. The summed E-state index contributed by atoms with van der Waals surface area (Å²) in [5, 5.41) is 4.52. The molecular weight excluding hydrogens is 400 g/mol. The van der Waals surface area contributed by atoms with Crippen LogP contribution in [-0.4, -0.2) is 41.9 Å². The van der Waals surface area contributed by atoms with E-state index in [1.807, 2.05) is 6.07 Å². The van der Waals surface area contributed by atoms with Crippen molar-refractivity contribution in [3.63, 3.8) is 0 Å². The standard InChI is InChI=1S/C23H20N2O6/c1-29-22(27)18-19(14-10-12-17(13-11-14)31-21(26)15-8-9-15)24-25(20(18)23(28)30-2)16-6-4-3-5-7-16/h3-7,10-13,15H,8-9H2,1-2H3. The van der Waals surface area contributed by atoms with Gasteiger partial charge in [-0.2, -0.15) is 5.10 Å². The fraction of sp³-hybridized carbons (Fsp3) is 0.217. The highest BCUT2D eigenvalue weighted by Gasteiger charge is 2.32. The van der Waals surface area contributed by atoms with E-state index in [1.165, 1.54) is 18.9 Å². The lowest BCUT2D eigenvalue weighted by Gasteiger charge is -2.07. The van der Waals surface area contributed by atoms with Crippen molar-refractivity contribution in [1.82, 2.24) is 9.78 Å². The largest absolute Gasteiger partial charge is 0.465 e. The lowest BCUT2D eigenvalue weighted by molar-refractivity contribution is -0.135. The number of esters is 3. The van der Waals surface area contributed by atoms with E-state index >= 15 is 0 Å². The minimum Gasteiger partial charge on any atom is -0.465 e. The van der Waals surface area contributed by atoms with Crippen LogP contribution in [0.4, 0.5) is 0 Å². The molecular formula is C23H20N2O6. The molecule has 0 bridgehead atoms. The highest BCUT2D eigenvalue weighted by atomic mass is 16.5. The molecule has 0 spiro atoms.